The zero-order chi connectivity index (χ0) is 20.0. The molecule has 0 atom stereocenters. The zero-order valence-electron chi connectivity index (χ0n) is 18.0. The van der Waals surface area contributed by atoms with E-state index in [1.807, 2.05) is 10.9 Å². The molecule has 0 radical (unpaired) electrons. The highest BCUT2D eigenvalue weighted by atomic mass is 32.3. The molecule has 0 saturated carbocycles. The van der Waals surface area contributed by atoms with E-state index >= 15 is 0 Å². The molecule has 2 aromatic rings. The van der Waals surface area contributed by atoms with Crippen molar-refractivity contribution in [2.24, 2.45) is 0 Å². The predicted molar refractivity (Wildman–Crippen MR) is 116 cm³/mol. The number of aromatic nitrogens is 2. The van der Waals surface area contributed by atoms with Gasteiger partial charge in [-0.15, -0.1) is 0 Å². The lowest BCUT2D eigenvalue weighted by Crippen LogP contribution is -2.41. The van der Waals surface area contributed by atoms with Crippen LogP contribution in [0.4, 0.5) is 0 Å². The van der Waals surface area contributed by atoms with E-state index in [9.17, 15) is 0 Å². The molecule has 0 spiro atoms. The van der Waals surface area contributed by atoms with E-state index in [2.05, 4.69) is 70.6 Å². The lowest BCUT2D eigenvalue weighted by molar-refractivity contribution is 0.00578. The maximum atomic E-state index is 6.20. The molecule has 0 N–H and O–H groups in total. The minimum Gasteiger partial charge on any atom is -0.399 e. The van der Waals surface area contributed by atoms with Crippen LogP contribution >= 0.6 is 10.0 Å². The third-order valence-electron chi connectivity index (χ3n) is 5.53. The standard InChI is InChI=1S/C20H33BN2O3S/c1-15-11-17(21-25-19(2,3)20(4,5)26-21)12-16-13-22-23(18(15)16)14-24-9-10-27(6,7)8/h11-13H,9-10,14H2,1-8H3. The van der Waals surface area contributed by atoms with Gasteiger partial charge in [0.25, 0.3) is 0 Å². The van der Waals surface area contributed by atoms with Crippen molar-refractivity contribution in [1.29, 1.82) is 0 Å². The molecule has 0 aliphatic carbocycles. The summed E-state index contributed by atoms with van der Waals surface area (Å²) in [5, 5.41) is 5.62. The quantitative estimate of drug-likeness (QED) is 0.559. The summed E-state index contributed by atoms with van der Waals surface area (Å²) >= 11 is 0. The second-order valence-electron chi connectivity index (χ2n) is 9.34. The van der Waals surface area contributed by atoms with Crippen LogP contribution in [-0.2, 0) is 20.8 Å². The Hall–Kier alpha value is -1.02. The van der Waals surface area contributed by atoms with Gasteiger partial charge >= 0.3 is 7.12 Å². The van der Waals surface area contributed by atoms with Crippen LogP contribution in [0.5, 0.6) is 0 Å². The number of fused-ring (bicyclic) bond motifs is 1. The molecule has 7 heteroatoms. The van der Waals surface area contributed by atoms with Crippen LogP contribution in [0.3, 0.4) is 0 Å². The van der Waals surface area contributed by atoms with E-state index in [1.165, 1.54) is 0 Å². The van der Waals surface area contributed by atoms with Crippen molar-refractivity contribution in [2.75, 3.05) is 31.1 Å². The van der Waals surface area contributed by atoms with Crippen molar-refractivity contribution in [2.45, 2.75) is 52.6 Å². The monoisotopic (exact) mass is 392 g/mol. The molecular formula is C20H33BN2O3S. The number of hydrogen-bond acceptors (Lipinski definition) is 4. The lowest BCUT2D eigenvalue weighted by atomic mass is 9.78. The van der Waals surface area contributed by atoms with E-state index in [0.29, 0.717) is 6.73 Å². The first kappa shape index (κ1) is 20.7. The summed E-state index contributed by atoms with van der Waals surface area (Å²) in [4.78, 5) is 0. The molecule has 3 rings (SSSR count). The van der Waals surface area contributed by atoms with Gasteiger partial charge < -0.3 is 14.0 Å². The van der Waals surface area contributed by atoms with Gasteiger partial charge in [0.15, 0.2) is 0 Å². The average molecular weight is 392 g/mol. The van der Waals surface area contributed by atoms with E-state index < -0.39 is 10.0 Å². The number of aryl methyl sites for hydroxylation is 1. The number of rotatable bonds is 6. The fourth-order valence-electron chi connectivity index (χ4n) is 3.15. The second-order valence-corrected chi connectivity index (χ2v) is 13.9. The van der Waals surface area contributed by atoms with Crippen LogP contribution in [-0.4, -0.2) is 59.2 Å². The Kier molecular flexibility index (Phi) is 5.45. The molecule has 1 aromatic carbocycles. The minimum atomic E-state index is -0.533. The van der Waals surface area contributed by atoms with Gasteiger partial charge in [-0.1, -0.05) is 12.1 Å². The lowest BCUT2D eigenvalue weighted by Gasteiger charge is -2.32. The van der Waals surface area contributed by atoms with Crippen LogP contribution in [0.2, 0.25) is 0 Å². The second kappa shape index (κ2) is 7.10. The molecule has 1 aliphatic rings. The summed E-state index contributed by atoms with van der Waals surface area (Å²) in [6.07, 6.45) is 8.82. The van der Waals surface area contributed by atoms with Gasteiger partial charge in [0.2, 0.25) is 0 Å². The summed E-state index contributed by atoms with van der Waals surface area (Å²) in [5.74, 6) is 1.11. The zero-order valence-corrected chi connectivity index (χ0v) is 18.8. The largest absolute Gasteiger partial charge is 0.494 e. The molecule has 5 nitrogen and oxygen atoms in total. The van der Waals surface area contributed by atoms with Gasteiger partial charge in [-0.25, -0.2) is 14.7 Å². The molecule has 0 bridgehead atoms. The Morgan fingerprint density at radius 3 is 2.33 bits per heavy atom. The van der Waals surface area contributed by atoms with E-state index in [-0.39, 0.29) is 18.3 Å². The summed E-state index contributed by atoms with van der Waals surface area (Å²) < 4.78 is 20.2. The third-order valence-corrected chi connectivity index (χ3v) is 6.92. The number of hydrogen-bond donors (Lipinski definition) is 0. The van der Waals surface area contributed by atoms with Gasteiger partial charge in [-0.05, 0) is 64.4 Å². The highest BCUT2D eigenvalue weighted by Gasteiger charge is 2.51. The summed E-state index contributed by atoms with van der Waals surface area (Å²) in [6.45, 7) is 11.7. The smallest absolute Gasteiger partial charge is 0.399 e. The highest BCUT2D eigenvalue weighted by molar-refractivity contribution is 8.32. The Bertz CT molecular complexity index is 810. The SMILES string of the molecule is Cc1cc(B2OC(C)(C)C(C)(C)O2)cc2cnn(COCCS(C)(C)C)c12. The maximum absolute atomic E-state index is 6.20. The normalized spacial score (nSPS) is 19.8. The summed E-state index contributed by atoms with van der Waals surface area (Å²) in [7, 11) is -0.887. The molecule has 2 heterocycles. The van der Waals surface area contributed by atoms with Gasteiger partial charge in [-0.3, -0.25) is 0 Å². The predicted octanol–water partition coefficient (Wildman–Crippen LogP) is 3.31. The molecule has 27 heavy (non-hydrogen) atoms. The molecule has 1 aliphatic heterocycles. The third kappa shape index (κ3) is 4.37. The molecular weight excluding hydrogens is 359 g/mol. The van der Waals surface area contributed by atoms with Crippen molar-refractivity contribution in [3.8, 4) is 0 Å². The fraction of sp³-hybridized carbons (Fsp3) is 0.650. The Balaban J connectivity index is 1.77. The first-order valence-corrected chi connectivity index (χ1v) is 12.5. The van der Waals surface area contributed by atoms with Crippen molar-refractivity contribution < 1.29 is 14.0 Å². The number of benzene rings is 1. The van der Waals surface area contributed by atoms with Crippen LogP contribution in [0.1, 0.15) is 33.3 Å². The van der Waals surface area contributed by atoms with Crippen molar-refractivity contribution >= 4 is 33.5 Å². The molecule has 150 valence electrons. The van der Waals surface area contributed by atoms with Crippen molar-refractivity contribution in [3.63, 3.8) is 0 Å². The van der Waals surface area contributed by atoms with Gasteiger partial charge in [0.1, 0.15) is 6.73 Å². The van der Waals surface area contributed by atoms with E-state index in [4.69, 9.17) is 14.0 Å². The van der Waals surface area contributed by atoms with Crippen LogP contribution in [0.15, 0.2) is 18.3 Å². The molecule has 1 fully saturated rings. The summed E-state index contributed by atoms with van der Waals surface area (Å²) in [5.41, 5.74) is 2.62. The fourth-order valence-corrected chi connectivity index (χ4v) is 3.77. The van der Waals surface area contributed by atoms with Crippen molar-refractivity contribution in [1.82, 2.24) is 9.78 Å². The molecule has 0 unspecified atom stereocenters. The van der Waals surface area contributed by atoms with E-state index in [0.717, 1.165) is 34.3 Å². The minimum absolute atomic E-state index is 0.340. The van der Waals surface area contributed by atoms with Gasteiger partial charge in [-0.2, -0.15) is 5.10 Å². The van der Waals surface area contributed by atoms with Gasteiger partial charge in [0, 0.05) is 11.1 Å². The summed E-state index contributed by atoms with van der Waals surface area (Å²) in [6, 6.07) is 4.26. The Morgan fingerprint density at radius 2 is 1.74 bits per heavy atom. The topological polar surface area (TPSA) is 45.5 Å². The molecule has 1 aromatic heterocycles. The van der Waals surface area contributed by atoms with Crippen LogP contribution < -0.4 is 5.46 Å². The Morgan fingerprint density at radius 1 is 1.11 bits per heavy atom. The van der Waals surface area contributed by atoms with Gasteiger partial charge in [0.05, 0.1) is 29.5 Å². The Labute approximate surface area is 165 Å². The van der Waals surface area contributed by atoms with Crippen molar-refractivity contribution in [3.05, 3.63) is 23.9 Å². The van der Waals surface area contributed by atoms with Crippen LogP contribution in [0, 0.1) is 6.92 Å². The maximum Gasteiger partial charge on any atom is 0.494 e. The first-order valence-electron chi connectivity index (χ1n) is 9.45. The van der Waals surface area contributed by atoms with Crippen LogP contribution in [0.25, 0.3) is 10.9 Å². The highest BCUT2D eigenvalue weighted by Crippen LogP contribution is 2.37. The number of ether oxygens (including phenoxy) is 1. The first-order chi connectivity index (χ1) is 12.4. The molecule has 1 saturated heterocycles. The molecule has 0 amide bonds. The average Bonchev–Trinajstić information content (AvgIpc) is 3.01. The van der Waals surface area contributed by atoms with E-state index in [1.54, 1.807) is 0 Å². The number of nitrogens with zero attached hydrogens (tertiary/aromatic N) is 2.